The Bertz CT molecular complexity index is 1510. The van der Waals surface area contributed by atoms with Crippen molar-refractivity contribution in [2.75, 3.05) is 18.0 Å². The molecule has 6 nitrogen and oxygen atoms in total. The van der Waals surface area contributed by atoms with Gasteiger partial charge in [-0.3, -0.25) is 9.69 Å². The monoisotopic (exact) mass is 545 g/mol. The molecule has 4 aromatic rings. The highest BCUT2D eigenvalue weighted by molar-refractivity contribution is 6.30. The first-order chi connectivity index (χ1) is 18.3. The van der Waals surface area contributed by atoms with Gasteiger partial charge in [0.15, 0.2) is 0 Å². The van der Waals surface area contributed by atoms with Gasteiger partial charge in [-0.25, -0.2) is 4.98 Å². The summed E-state index contributed by atoms with van der Waals surface area (Å²) in [5.74, 6) is 0. The Kier molecular flexibility index (Phi) is 7.45. The molecule has 1 fully saturated rings. The molecule has 0 aliphatic carbocycles. The molecule has 2 aromatic carbocycles. The highest BCUT2D eigenvalue weighted by Crippen LogP contribution is 2.37. The van der Waals surface area contributed by atoms with Crippen molar-refractivity contribution in [1.82, 2.24) is 14.5 Å². The van der Waals surface area contributed by atoms with Crippen molar-refractivity contribution in [3.63, 3.8) is 0 Å². The van der Waals surface area contributed by atoms with Crippen molar-refractivity contribution < 1.29 is 0 Å². The average Bonchev–Trinajstić information content (AvgIpc) is 2.93. The van der Waals surface area contributed by atoms with E-state index >= 15 is 0 Å². The molecule has 0 N–H and O–H groups in total. The molecular weight excluding hydrogens is 517 g/mol. The second-order valence-corrected chi connectivity index (χ2v) is 10.7. The van der Waals surface area contributed by atoms with Gasteiger partial charge in [-0.1, -0.05) is 54.4 Å². The minimum Gasteiger partial charge on any atom is -0.364 e. The summed E-state index contributed by atoms with van der Waals surface area (Å²) in [7, 11) is 1.74. The van der Waals surface area contributed by atoms with Gasteiger partial charge in [-0.15, -0.1) is 0 Å². The third-order valence-corrected chi connectivity index (χ3v) is 8.05. The maximum absolute atomic E-state index is 12.9. The normalized spacial score (nSPS) is 18.2. The molecule has 0 unspecified atom stereocenters. The lowest BCUT2D eigenvalue weighted by molar-refractivity contribution is 0.116. The minimum atomic E-state index is -0.0955. The summed E-state index contributed by atoms with van der Waals surface area (Å²) < 4.78 is 1.59. The molecule has 0 saturated carbocycles. The molecule has 0 radical (unpaired) electrons. The van der Waals surface area contributed by atoms with Crippen LogP contribution in [0.1, 0.15) is 43.1 Å². The molecule has 8 heteroatoms. The van der Waals surface area contributed by atoms with Crippen LogP contribution in [0.2, 0.25) is 10.0 Å². The van der Waals surface area contributed by atoms with Crippen LogP contribution >= 0.6 is 23.2 Å². The largest absolute Gasteiger partial charge is 0.364 e. The van der Waals surface area contributed by atoms with Crippen LogP contribution in [0, 0.1) is 11.3 Å². The Labute approximate surface area is 232 Å². The molecule has 2 aromatic heterocycles. The Morgan fingerprint density at radius 1 is 1.00 bits per heavy atom. The topological polar surface area (TPSA) is 65.2 Å². The minimum absolute atomic E-state index is 0.0165. The van der Waals surface area contributed by atoms with E-state index in [9.17, 15) is 10.1 Å². The van der Waals surface area contributed by atoms with Crippen LogP contribution in [0.15, 0.2) is 71.5 Å². The fourth-order valence-electron chi connectivity index (χ4n) is 5.54. The van der Waals surface area contributed by atoms with Gasteiger partial charge in [0.1, 0.15) is 17.3 Å². The van der Waals surface area contributed by atoms with Crippen molar-refractivity contribution in [3.05, 3.63) is 104 Å². The predicted molar refractivity (Wildman–Crippen MR) is 154 cm³/mol. The number of rotatable bonds is 5. The standard InChI is InChI=1S/C30H29Cl2N5O/c1-4-25-18-36(27-15-28(38)35(3)26-14-13-24(16-33)34-29(26)27)19(2)17-37(25)30(20-5-9-22(31)10-6-20)21-7-11-23(32)12-8-21/h5-15,19,25,30H,4,17-18H2,1-3H3/t19-,25+/m0/s1. The van der Waals surface area contributed by atoms with E-state index in [2.05, 4.69) is 59.0 Å². The Morgan fingerprint density at radius 2 is 1.61 bits per heavy atom. The zero-order chi connectivity index (χ0) is 27.0. The number of hydrogen-bond acceptors (Lipinski definition) is 5. The first-order valence-corrected chi connectivity index (χ1v) is 13.5. The molecule has 2 atom stereocenters. The van der Waals surface area contributed by atoms with E-state index in [4.69, 9.17) is 23.2 Å². The number of anilines is 1. The van der Waals surface area contributed by atoms with Crippen LogP contribution in [-0.2, 0) is 7.05 Å². The fourth-order valence-corrected chi connectivity index (χ4v) is 5.79. The Balaban J connectivity index is 1.58. The summed E-state index contributed by atoms with van der Waals surface area (Å²) in [5.41, 5.74) is 4.73. The Morgan fingerprint density at radius 3 is 2.16 bits per heavy atom. The van der Waals surface area contributed by atoms with Gasteiger partial charge in [0.25, 0.3) is 5.56 Å². The lowest BCUT2D eigenvalue weighted by atomic mass is 9.92. The molecule has 38 heavy (non-hydrogen) atoms. The number of benzene rings is 2. The van der Waals surface area contributed by atoms with Crippen LogP contribution < -0.4 is 10.5 Å². The maximum Gasteiger partial charge on any atom is 0.252 e. The van der Waals surface area contributed by atoms with Crippen molar-refractivity contribution >= 4 is 39.9 Å². The number of aromatic nitrogens is 2. The molecule has 194 valence electrons. The number of fused-ring (bicyclic) bond motifs is 1. The van der Waals surface area contributed by atoms with Crippen molar-refractivity contribution in [2.24, 2.45) is 7.05 Å². The van der Waals surface area contributed by atoms with Crippen LogP contribution in [0.25, 0.3) is 11.0 Å². The molecule has 1 aliphatic heterocycles. The third-order valence-electron chi connectivity index (χ3n) is 7.55. The molecule has 1 aliphatic rings. The second kappa shape index (κ2) is 10.8. The van der Waals surface area contributed by atoms with Gasteiger partial charge in [-0.05, 0) is 60.9 Å². The maximum atomic E-state index is 12.9. The zero-order valence-electron chi connectivity index (χ0n) is 21.6. The van der Waals surface area contributed by atoms with Gasteiger partial charge < -0.3 is 9.47 Å². The van der Waals surface area contributed by atoms with E-state index in [1.165, 1.54) is 0 Å². The van der Waals surface area contributed by atoms with E-state index in [1.807, 2.05) is 24.3 Å². The summed E-state index contributed by atoms with van der Waals surface area (Å²) in [6, 6.07) is 23.7. The smallest absolute Gasteiger partial charge is 0.252 e. The number of hydrogen-bond donors (Lipinski definition) is 0. The Hall–Kier alpha value is -3.37. The number of halogens is 2. The highest BCUT2D eigenvalue weighted by atomic mass is 35.5. The first kappa shape index (κ1) is 26.2. The lowest BCUT2D eigenvalue weighted by Crippen LogP contribution is -2.58. The predicted octanol–water partition coefficient (Wildman–Crippen LogP) is 6.19. The molecule has 3 heterocycles. The summed E-state index contributed by atoms with van der Waals surface area (Å²) in [5, 5.41) is 10.9. The van der Waals surface area contributed by atoms with E-state index in [0.29, 0.717) is 21.3 Å². The molecule has 5 rings (SSSR count). The fraction of sp³-hybridized carbons (Fsp3) is 0.300. The third kappa shape index (κ3) is 4.90. The van der Waals surface area contributed by atoms with Crippen molar-refractivity contribution in [2.45, 2.75) is 38.4 Å². The number of nitrogens with zero attached hydrogens (tertiary/aromatic N) is 5. The number of pyridine rings is 2. The second-order valence-electron chi connectivity index (χ2n) is 9.87. The van der Waals surface area contributed by atoms with E-state index in [0.717, 1.165) is 41.8 Å². The van der Waals surface area contributed by atoms with Crippen LogP contribution in [-0.4, -0.2) is 39.6 Å². The lowest BCUT2D eigenvalue weighted by Gasteiger charge is -2.49. The molecule has 0 bridgehead atoms. The zero-order valence-corrected chi connectivity index (χ0v) is 23.1. The SMILES string of the molecule is CC[C@@H]1CN(c2cc(=O)n(C)c3ccc(C#N)nc23)[C@@H](C)CN1C(c1ccc(Cl)cc1)c1ccc(Cl)cc1. The molecule has 0 amide bonds. The van der Waals surface area contributed by atoms with Crippen LogP contribution in [0.3, 0.4) is 0 Å². The number of piperazine rings is 1. The van der Waals surface area contributed by atoms with Crippen molar-refractivity contribution in [3.8, 4) is 6.07 Å². The van der Waals surface area contributed by atoms with E-state index in [-0.39, 0.29) is 23.7 Å². The highest BCUT2D eigenvalue weighted by Gasteiger charge is 2.37. The van der Waals surface area contributed by atoms with Gasteiger partial charge in [0.05, 0.1) is 17.2 Å². The summed E-state index contributed by atoms with van der Waals surface area (Å²) >= 11 is 12.5. The number of aryl methyl sites for hydroxylation is 1. The van der Waals surface area contributed by atoms with Gasteiger partial charge in [-0.2, -0.15) is 5.26 Å². The van der Waals surface area contributed by atoms with Crippen molar-refractivity contribution in [1.29, 1.82) is 5.26 Å². The van der Waals surface area contributed by atoms with Gasteiger partial charge >= 0.3 is 0 Å². The molecular formula is C30H29Cl2N5O. The van der Waals surface area contributed by atoms with Gasteiger partial charge in [0, 0.05) is 48.3 Å². The van der Waals surface area contributed by atoms with E-state index < -0.39 is 0 Å². The first-order valence-electron chi connectivity index (χ1n) is 12.7. The summed E-state index contributed by atoms with van der Waals surface area (Å²) in [4.78, 5) is 22.4. The summed E-state index contributed by atoms with van der Waals surface area (Å²) in [6.07, 6.45) is 0.917. The van der Waals surface area contributed by atoms with Gasteiger partial charge in [0.2, 0.25) is 0 Å². The van der Waals surface area contributed by atoms with E-state index in [1.54, 1.807) is 29.8 Å². The quantitative estimate of drug-likeness (QED) is 0.299. The van der Waals surface area contributed by atoms with Crippen LogP contribution in [0.5, 0.6) is 0 Å². The molecule has 1 saturated heterocycles. The number of nitriles is 1. The van der Waals surface area contributed by atoms with Crippen LogP contribution in [0.4, 0.5) is 5.69 Å². The summed E-state index contributed by atoms with van der Waals surface area (Å²) in [6.45, 7) is 5.86. The average molecular weight is 547 g/mol. The molecule has 0 spiro atoms.